The van der Waals surface area contributed by atoms with Crippen molar-refractivity contribution in [1.29, 1.82) is 0 Å². The van der Waals surface area contributed by atoms with Gasteiger partial charge in [-0.15, -0.1) is 0 Å². The molecule has 1 aromatic heterocycles. The summed E-state index contributed by atoms with van der Waals surface area (Å²) in [6.45, 7) is 9.28. The second-order valence-corrected chi connectivity index (χ2v) is 11.1. The molecule has 0 fully saturated rings. The average molecular weight is 480 g/mol. The van der Waals surface area contributed by atoms with Gasteiger partial charge in [0, 0.05) is 35.1 Å². The molecule has 2 aromatic carbocycles. The Morgan fingerprint density at radius 3 is 2.53 bits per heavy atom. The van der Waals surface area contributed by atoms with Gasteiger partial charge in [-0.25, -0.2) is 4.98 Å². The highest BCUT2D eigenvalue weighted by Gasteiger charge is 2.23. The van der Waals surface area contributed by atoms with Crippen LogP contribution in [0.4, 0.5) is 28.8 Å². The Kier molecular flexibility index (Phi) is 8.08. The maximum absolute atomic E-state index is 13.4. The van der Waals surface area contributed by atoms with Crippen LogP contribution < -0.4 is 26.0 Å². The zero-order chi connectivity index (χ0) is 24.7. The van der Waals surface area contributed by atoms with E-state index in [1.807, 2.05) is 45.0 Å². The minimum atomic E-state index is -2.50. The number of rotatable bonds is 10. The lowest BCUT2D eigenvalue weighted by atomic mass is 10.2. The van der Waals surface area contributed by atoms with Crippen molar-refractivity contribution in [3.05, 3.63) is 66.9 Å². The second kappa shape index (κ2) is 11.0. The molecule has 0 radical (unpaired) electrons. The molecule has 0 saturated carbocycles. The van der Waals surface area contributed by atoms with E-state index < -0.39 is 7.14 Å². The predicted molar refractivity (Wildman–Crippen MR) is 140 cm³/mol. The molecule has 3 rings (SSSR count). The monoisotopic (exact) mass is 479 g/mol. The fourth-order valence-electron chi connectivity index (χ4n) is 3.45. The molecule has 0 atom stereocenters. The summed E-state index contributed by atoms with van der Waals surface area (Å²) in [5.74, 6) is 1.18. The first-order valence-corrected chi connectivity index (χ1v) is 13.1. The lowest BCUT2D eigenvalue weighted by Crippen LogP contribution is -2.14. The van der Waals surface area contributed by atoms with Crippen molar-refractivity contribution in [2.75, 3.05) is 35.4 Å². The van der Waals surface area contributed by atoms with Gasteiger partial charge in [-0.1, -0.05) is 32.6 Å². The number of anilines is 5. The van der Waals surface area contributed by atoms with Gasteiger partial charge in [-0.05, 0) is 43.3 Å². The van der Waals surface area contributed by atoms with Crippen LogP contribution in [0.15, 0.2) is 61.3 Å². The Morgan fingerprint density at radius 2 is 1.85 bits per heavy atom. The molecule has 1 amide bonds. The Bertz CT molecular complexity index is 1240. The number of hydrogen-bond acceptors (Lipinski definition) is 7. The molecule has 0 aliphatic heterocycles. The minimum Gasteiger partial charge on any atom is -0.495 e. The SMILES string of the molecule is C=CC(=O)Nc1ccc(OC)c(Nc2ncc(C)c(Nc3ccccc3P(=O)(CC)CC)n2)c1. The zero-order valence-corrected chi connectivity index (χ0v) is 20.8. The second-order valence-electron chi connectivity index (χ2n) is 7.62. The van der Waals surface area contributed by atoms with Crippen molar-refractivity contribution < 1.29 is 14.1 Å². The van der Waals surface area contributed by atoms with Crippen molar-refractivity contribution in [3.63, 3.8) is 0 Å². The predicted octanol–water partition coefficient (Wildman–Crippen LogP) is 5.43. The maximum atomic E-state index is 13.4. The Balaban J connectivity index is 1.93. The van der Waals surface area contributed by atoms with Crippen molar-refractivity contribution >= 4 is 47.2 Å². The van der Waals surface area contributed by atoms with Gasteiger partial charge in [0.05, 0.1) is 18.5 Å². The van der Waals surface area contributed by atoms with Gasteiger partial charge in [0.2, 0.25) is 11.9 Å². The lowest BCUT2D eigenvalue weighted by Gasteiger charge is -2.20. The van der Waals surface area contributed by atoms with E-state index >= 15 is 0 Å². The highest BCUT2D eigenvalue weighted by Crippen LogP contribution is 2.45. The molecule has 0 aliphatic carbocycles. The normalized spacial score (nSPS) is 10.9. The average Bonchev–Trinajstić information content (AvgIpc) is 2.86. The standard InChI is InChI=1S/C25H30N5O3P/c1-6-23(31)27-18-13-14-21(33-5)20(15-18)29-25-26-16-17(4)24(30-25)28-19-11-9-10-12-22(19)34(32,7-2)8-3/h6,9-16H,1,7-8H2,2-5H3,(H,27,31)(H2,26,28,29,30). The van der Waals surface area contributed by atoms with E-state index in [1.165, 1.54) is 6.08 Å². The molecule has 3 aromatic rings. The molecule has 1 heterocycles. The fraction of sp³-hybridized carbons (Fsp3) is 0.240. The summed E-state index contributed by atoms with van der Waals surface area (Å²) in [5.41, 5.74) is 2.76. The van der Waals surface area contributed by atoms with Crippen molar-refractivity contribution in [2.45, 2.75) is 20.8 Å². The molecule has 9 heteroatoms. The number of aromatic nitrogens is 2. The van der Waals surface area contributed by atoms with E-state index in [-0.39, 0.29) is 5.91 Å². The van der Waals surface area contributed by atoms with E-state index in [0.717, 1.165) is 16.6 Å². The number of carbonyl (C=O) groups excluding carboxylic acids is 1. The van der Waals surface area contributed by atoms with Crippen LogP contribution in [0.3, 0.4) is 0 Å². The molecular formula is C25H30N5O3P. The molecule has 34 heavy (non-hydrogen) atoms. The number of hydrogen-bond donors (Lipinski definition) is 3. The number of nitrogens with one attached hydrogen (secondary N) is 3. The van der Waals surface area contributed by atoms with E-state index in [0.29, 0.717) is 41.2 Å². The van der Waals surface area contributed by atoms with Crippen LogP contribution in [0, 0.1) is 6.92 Å². The third-order valence-electron chi connectivity index (χ3n) is 5.49. The summed E-state index contributed by atoms with van der Waals surface area (Å²) >= 11 is 0. The first kappa shape index (κ1) is 25.0. The van der Waals surface area contributed by atoms with Gasteiger partial charge in [0.25, 0.3) is 0 Å². The minimum absolute atomic E-state index is 0.315. The molecule has 0 unspecified atom stereocenters. The van der Waals surface area contributed by atoms with Crippen molar-refractivity contribution in [2.24, 2.45) is 0 Å². The summed E-state index contributed by atoms with van der Waals surface area (Å²) < 4.78 is 18.9. The highest BCUT2D eigenvalue weighted by molar-refractivity contribution is 7.71. The van der Waals surface area contributed by atoms with Crippen LogP contribution in [0.2, 0.25) is 0 Å². The van der Waals surface area contributed by atoms with Gasteiger partial charge >= 0.3 is 0 Å². The summed E-state index contributed by atoms with van der Waals surface area (Å²) in [6.07, 6.45) is 4.09. The number of benzene rings is 2. The number of carbonyl (C=O) groups is 1. The number of aryl methyl sites for hydroxylation is 1. The molecule has 0 saturated heterocycles. The third kappa shape index (κ3) is 5.64. The van der Waals surface area contributed by atoms with E-state index in [2.05, 4.69) is 32.5 Å². The molecule has 0 spiro atoms. The largest absolute Gasteiger partial charge is 0.495 e. The van der Waals surface area contributed by atoms with Gasteiger partial charge in [-0.2, -0.15) is 4.98 Å². The molecule has 0 aliphatic rings. The van der Waals surface area contributed by atoms with Crippen LogP contribution in [-0.4, -0.2) is 35.3 Å². The van der Waals surface area contributed by atoms with Gasteiger partial charge in [-0.3, -0.25) is 4.79 Å². The van der Waals surface area contributed by atoms with Crippen molar-refractivity contribution in [3.8, 4) is 5.75 Å². The van der Waals surface area contributed by atoms with Crippen molar-refractivity contribution in [1.82, 2.24) is 9.97 Å². The topological polar surface area (TPSA) is 105 Å². The molecule has 178 valence electrons. The number of amides is 1. The van der Waals surface area contributed by atoms with Crippen LogP contribution in [0.5, 0.6) is 5.75 Å². The van der Waals surface area contributed by atoms with Gasteiger partial charge in [0.1, 0.15) is 18.7 Å². The first-order valence-electron chi connectivity index (χ1n) is 11.0. The quantitative estimate of drug-likeness (QED) is 0.263. The maximum Gasteiger partial charge on any atom is 0.247 e. The summed E-state index contributed by atoms with van der Waals surface area (Å²) in [7, 11) is -0.942. The summed E-state index contributed by atoms with van der Waals surface area (Å²) in [6, 6.07) is 12.8. The molecule has 0 bridgehead atoms. The van der Waals surface area contributed by atoms with Gasteiger partial charge < -0.3 is 25.3 Å². The highest BCUT2D eigenvalue weighted by atomic mass is 31.2. The van der Waals surface area contributed by atoms with Crippen LogP contribution in [-0.2, 0) is 9.36 Å². The lowest BCUT2D eigenvalue weighted by molar-refractivity contribution is -0.111. The molecule has 3 N–H and O–H groups in total. The van der Waals surface area contributed by atoms with Gasteiger partial charge in [0.15, 0.2) is 0 Å². The zero-order valence-electron chi connectivity index (χ0n) is 19.9. The van der Waals surface area contributed by atoms with E-state index in [4.69, 9.17) is 4.74 Å². The Morgan fingerprint density at radius 1 is 1.12 bits per heavy atom. The number of nitrogens with zero attached hydrogens (tertiary/aromatic N) is 2. The summed E-state index contributed by atoms with van der Waals surface area (Å²) in [4.78, 5) is 20.7. The van der Waals surface area contributed by atoms with Crippen LogP contribution in [0.1, 0.15) is 19.4 Å². The number of para-hydroxylation sites is 1. The fourth-order valence-corrected chi connectivity index (χ4v) is 5.51. The Hall–Kier alpha value is -3.64. The van der Waals surface area contributed by atoms with Crippen LogP contribution in [0.25, 0.3) is 0 Å². The smallest absolute Gasteiger partial charge is 0.247 e. The first-order chi connectivity index (χ1) is 16.3. The van der Waals surface area contributed by atoms with Crippen LogP contribution >= 0.6 is 7.14 Å². The number of methoxy groups -OCH3 is 1. The summed E-state index contributed by atoms with van der Waals surface area (Å²) in [5, 5.41) is 10.0. The Labute approximate surface area is 200 Å². The third-order valence-corrected chi connectivity index (χ3v) is 8.80. The van der Waals surface area contributed by atoms with E-state index in [1.54, 1.807) is 31.5 Å². The molecular weight excluding hydrogens is 449 g/mol. The number of ether oxygens (including phenoxy) is 1. The van der Waals surface area contributed by atoms with E-state index in [9.17, 15) is 9.36 Å². The molecule has 8 nitrogen and oxygen atoms in total.